The first-order chi connectivity index (χ1) is 9.40. The van der Waals surface area contributed by atoms with Crippen LogP contribution in [0.25, 0.3) is 0 Å². The van der Waals surface area contributed by atoms with Gasteiger partial charge in [-0.05, 0) is 62.2 Å². The lowest BCUT2D eigenvalue weighted by Gasteiger charge is -2.36. The summed E-state index contributed by atoms with van der Waals surface area (Å²) in [6.45, 7) is 4.52. The SMILES string of the molecule is CCNCC1CCCCC1C1CCc2cccnc21. The van der Waals surface area contributed by atoms with Crippen LogP contribution in [0.2, 0.25) is 0 Å². The Balaban J connectivity index is 1.76. The Bertz CT molecular complexity index is 415. The van der Waals surface area contributed by atoms with Crippen LogP contribution in [0.5, 0.6) is 0 Å². The van der Waals surface area contributed by atoms with E-state index in [0.717, 1.165) is 24.3 Å². The summed E-state index contributed by atoms with van der Waals surface area (Å²) in [5.41, 5.74) is 2.94. The molecule has 19 heavy (non-hydrogen) atoms. The fraction of sp³-hybridized carbons (Fsp3) is 0.706. The molecule has 1 saturated carbocycles. The van der Waals surface area contributed by atoms with E-state index in [-0.39, 0.29) is 0 Å². The van der Waals surface area contributed by atoms with Gasteiger partial charge in [-0.3, -0.25) is 4.98 Å². The third-order valence-corrected chi connectivity index (χ3v) is 5.14. The van der Waals surface area contributed by atoms with E-state index in [1.165, 1.54) is 56.3 Å². The smallest absolute Gasteiger partial charge is 0.0469 e. The molecule has 0 bridgehead atoms. The summed E-state index contributed by atoms with van der Waals surface area (Å²) < 4.78 is 0. The molecule has 2 aliphatic carbocycles. The van der Waals surface area contributed by atoms with Crippen molar-refractivity contribution in [2.45, 2.75) is 51.4 Å². The minimum Gasteiger partial charge on any atom is -0.317 e. The molecular formula is C17H26N2. The van der Waals surface area contributed by atoms with Crippen LogP contribution in [-0.4, -0.2) is 18.1 Å². The van der Waals surface area contributed by atoms with Crippen LogP contribution < -0.4 is 5.32 Å². The summed E-state index contributed by atoms with van der Waals surface area (Å²) in [5, 5.41) is 3.57. The third-order valence-electron chi connectivity index (χ3n) is 5.14. The van der Waals surface area contributed by atoms with Gasteiger partial charge in [0.05, 0.1) is 0 Å². The zero-order valence-corrected chi connectivity index (χ0v) is 12.1. The predicted octanol–water partition coefficient (Wildman–Crippen LogP) is 3.53. The highest BCUT2D eigenvalue weighted by Crippen LogP contribution is 2.45. The molecule has 0 aliphatic heterocycles. The number of hydrogen-bond acceptors (Lipinski definition) is 2. The van der Waals surface area contributed by atoms with Crippen molar-refractivity contribution in [3.8, 4) is 0 Å². The molecule has 104 valence electrons. The average molecular weight is 258 g/mol. The molecule has 0 amide bonds. The molecule has 0 radical (unpaired) electrons. The van der Waals surface area contributed by atoms with Gasteiger partial charge < -0.3 is 5.32 Å². The maximum absolute atomic E-state index is 4.71. The van der Waals surface area contributed by atoms with Gasteiger partial charge >= 0.3 is 0 Å². The minimum absolute atomic E-state index is 0.736. The highest BCUT2D eigenvalue weighted by atomic mass is 14.9. The second-order valence-corrected chi connectivity index (χ2v) is 6.21. The van der Waals surface area contributed by atoms with Crippen LogP contribution in [0.1, 0.15) is 56.2 Å². The monoisotopic (exact) mass is 258 g/mol. The standard InChI is InChI=1S/C17H26N2/c1-2-18-12-14-6-3-4-8-15(14)16-10-9-13-7-5-11-19-17(13)16/h5,7,11,14-16,18H,2-4,6,8-10,12H2,1H3. The van der Waals surface area contributed by atoms with Gasteiger partial charge in [-0.15, -0.1) is 0 Å². The third kappa shape index (κ3) is 2.69. The largest absolute Gasteiger partial charge is 0.317 e. The van der Waals surface area contributed by atoms with Gasteiger partial charge in [0.15, 0.2) is 0 Å². The fourth-order valence-corrected chi connectivity index (χ4v) is 4.21. The molecule has 3 atom stereocenters. The number of pyridine rings is 1. The van der Waals surface area contributed by atoms with Crippen LogP contribution in [0.3, 0.4) is 0 Å². The average Bonchev–Trinajstić information content (AvgIpc) is 2.89. The number of hydrogen-bond donors (Lipinski definition) is 1. The maximum Gasteiger partial charge on any atom is 0.0469 e. The summed E-state index contributed by atoms with van der Waals surface area (Å²) in [4.78, 5) is 4.71. The van der Waals surface area contributed by atoms with Gasteiger partial charge in [0.2, 0.25) is 0 Å². The Morgan fingerprint density at radius 2 is 2.16 bits per heavy atom. The Morgan fingerprint density at radius 1 is 1.26 bits per heavy atom. The van der Waals surface area contributed by atoms with E-state index in [0.29, 0.717) is 0 Å². The number of aromatic nitrogens is 1. The summed E-state index contributed by atoms with van der Waals surface area (Å²) >= 11 is 0. The molecule has 3 unspecified atom stereocenters. The van der Waals surface area contributed by atoms with Crippen LogP contribution >= 0.6 is 0 Å². The van der Waals surface area contributed by atoms with Crippen molar-refractivity contribution >= 4 is 0 Å². The van der Waals surface area contributed by atoms with E-state index >= 15 is 0 Å². The van der Waals surface area contributed by atoms with Crippen molar-refractivity contribution in [3.63, 3.8) is 0 Å². The molecule has 2 aliphatic rings. The van der Waals surface area contributed by atoms with Crippen molar-refractivity contribution < 1.29 is 0 Å². The lowest BCUT2D eigenvalue weighted by molar-refractivity contribution is 0.193. The number of aryl methyl sites for hydroxylation is 1. The zero-order chi connectivity index (χ0) is 13.1. The van der Waals surface area contributed by atoms with Crippen LogP contribution in [-0.2, 0) is 6.42 Å². The lowest BCUT2D eigenvalue weighted by atomic mass is 9.71. The number of rotatable bonds is 4. The Labute approximate surface area is 117 Å². The van der Waals surface area contributed by atoms with Crippen LogP contribution in [0.15, 0.2) is 18.3 Å². The molecule has 2 heteroatoms. The second kappa shape index (κ2) is 6.04. The summed E-state index contributed by atoms with van der Waals surface area (Å²) in [6, 6.07) is 4.38. The fourth-order valence-electron chi connectivity index (χ4n) is 4.21. The van der Waals surface area contributed by atoms with Gasteiger partial charge in [-0.25, -0.2) is 0 Å². The molecule has 0 aromatic carbocycles. The van der Waals surface area contributed by atoms with Gasteiger partial charge in [0.25, 0.3) is 0 Å². The molecule has 0 saturated heterocycles. The van der Waals surface area contributed by atoms with Gasteiger partial charge in [0.1, 0.15) is 0 Å². The zero-order valence-electron chi connectivity index (χ0n) is 12.1. The van der Waals surface area contributed by atoms with E-state index in [1.54, 1.807) is 0 Å². The van der Waals surface area contributed by atoms with Crippen molar-refractivity contribution in [1.82, 2.24) is 10.3 Å². The van der Waals surface area contributed by atoms with Gasteiger partial charge in [0, 0.05) is 17.8 Å². The molecule has 0 spiro atoms. The number of nitrogens with one attached hydrogen (secondary N) is 1. The Hall–Kier alpha value is -0.890. The second-order valence-electron chi connectivity index (χ2n) is 6.21. The molecule has 1 aromatic heterocycles. The summed E-state index contributed by atoms with van der Waals surface area (Å²) in [6.07, 6.45) is 10.2. The topological polar surface area (TPSA) is 24.9 Å². The maximum atomic E-state index is 4.71. The molecule has 3 rings (SSSR count). The first-order valence-electron chi connectivity index (χ1n) is 8.04. The highest BCUT2D eigenvalue weighted by molar-refractivity contribution is 5.29. The number of nitrogens with zero attached hydrogens (tertiary/aromatic N) is 1. The normalized spacial score (nSPS) is 30.3. The molecule has 2 nitrogen and oxygen atoms in total. The van der Waals surface area contributed by atoms with Crippen molar-refractivity contribution in [2.24, 2.45) is 11.8 Å². The number of fused-ring (bicyclic) bond motifs is 1. The van der Waals surface area contributed by atoms with Crippen LogP contribution in [0.4, 0.5) is 0 Å². The Morgan fingerprint density at radius 3 is 3.05 bits per heavy atom. The molecule has 1 heterocycles. The molecule has 1 aromatic rings. The summed E-state index contributed by atoms with van der Waals surface area (Å²) in [5.74, 6) is 2.47. The van der Waals surface area contributed by atoms with E-state index in [1.807, 2.05) is 6.20 Å². The van der Waals surface area contributed by atoms with E-state index in [2.05, 4.69) is 24.4 Å². The van der Waals surface area contributed by atoms with Gasteiger partial charge in [-0.2, -0.15) is 0 Å². The van der Waals surface area contributed by atoms with E-state index in [9.17, 15) is 0 Å². The predicted molar refractivity (Wildman–Crippen MR) is 79.3 cm³/mol. The van der Waals surface area contributed by atoms with Crippen molar-refractivity contribution in [3.05, 3.63) is 29.6 Å². The first-order valence-corrected chi connectivity index (χ1v) is 8.04. The van der Waals surface area contributed by atoms with Crippen molar-refractivity contribution in [2.75, 3.05) is 13.1 Å². The van der Waals surface area contributed by atoms with E-state index < -0.39 is 0 Å². The summed E-state index contributed by atoms with van der Waals surface area (Å²) in [7, 11) is 0. The highest BCUT2D eigenvalue weighted by Gasteiger charge is 2.36. The molecule has 1 N–H and O–H groups in total. The molecular weight excluding hydrogens is 232 g/mol. The van der Waals surface area contributed by atoms with Crippen molar-refractivity contribution in [1.29, 1.82) is 0 Å². The van der Waals surface area contributed by atoms with Crippen LogP contribution in [0, 0.1) is 11.8 Å². The first kappa shape index (κ1) is 13.1. The van der Waals surface area contributed by atoms with Gasteiger partial charge in [-0.1, -0.05) is 25.8 Å². The lowest BCUT2D eigenvalue weighted by Crippen LogP contribution is -2.33. The Kier molecular flexibility index (Phi) is 4.17. The molecule has 1 fully saturated rings. The quantitative estimate of drug-likeness (QED) is 0.893. The van der Waals surface area contributed by atoms with E-state index in [4.69, 9.17) is 4.98 Å². The minimum atomic E-state index is 0.736.